The lowest BCUT2D eigenvalue weighted by Crippen LogP contribution is -2.40. The Labute approximate surface area is 131 Å². The Hall–Kier alpha value is -0.523. The Kier molecular flexibility index (Phi) is 4.49. The van der Waals surface area contributed by atoms with Crippen molar-refractivity contribution in [1.29, 1.82) is 0 Å². The van der Waals surface area contributed by atoms with Crippen LogP contribution in [0.2, 0.25) is 18.1 Å². The maximum Gasteiger partial charge on any atom is 0.273 e. The Morgan fingerprint density at radius 1 is 1.33 bits per heavy atom. The molecule has 1 aromatic heterocycles. The molecule has 1 heterocycles. The summed E-state index contributed by atoms with van der Waals surface area (Å²) < 4.78 is 34.4. The van der Waals surface area contributed by atoms with Crippen LogP contribution in [0.25, 0.3) is 5.57 Å². The van der Waals surface area contributed by atoms with Gasteiger partial charge in [0.05, 0.1) is 6.61 Å². The van der Waals surface area contributed by atoms with Crippen molar-refractivity contribution >= 4 is 25.2 Å². The predicted octanol–water partition coefficient (Wildman–Crippen LogP) is 5.73. The lowest BCUT2D eigenvalue weighted by Gasteiger charge is -2.36. The summed E-state index contributed by atoms with van der Waals surface area (Å²) >= 11 is 1.50. The number of hydrogen-bond acceptors (Lipinski definition) is 2. The minimum absolute atomic E-state index is 0.0914. The molecule has 0 amide bonds. The van der Waals surface area contributed by atoms with Crippen LogP contribution in [0.15, 0.2) is 16.8 Å². The molecule has 5 heteroatoms. The quantitative estimate of drug-likeness (QED) is 0.643. The van der Waals surface area contributed by atoms with Crippen molar-refractivity contribution in [1.82, 2.24) is 0 Å². The van der Waals surface area contributed by atoms with Gasteiger partial charge in [0.2, 0.25) is 0 Å². The van der Waals surface area contributed by atoms with Crippen LogP contribution in [0.1, 0.15) is 38.3 Å². The first-order chi connectivity index (χ1) is 9.55. The van der Waals surface area contributed by atoms with Gasteiger partial charge in [-0.15, -0.1) is 0 Å². The van der Waals surface area contributed by atoms with Crippen LogP contribution >= 0.6 is 11.3 Å². The molecule has 1 nitrogen and oxygen atoms in total. The fraction of sp³-hybridized carbons (Fsp3) is 0.625. The van der Waals surface area contributed by atoms with E-state index in [1.807, 2.05) is 10.8 Å². The van der Waals surface area contributed by atoms with E-state index < -0.39 is 14.2 Å². The molecule has 0 unspecified atom stereocenters. The second-order valence-electron chi connectivity index (χ2n) is 7.20. The number of fused-ring (bicyclic) bond motifs is 1. The summed E-state index contributed by atoms with van der Waals surface area (Å²) in [6, 6.07) is 0. The van der Waals surface area contributed by atoms with E-state index in [9.17, 15) is 8.78 Å². The standard InChI is InChI=1S/C16H24F2OSSi/c1-15(2,3)21(4,5)19-9-7-14-13-11-20-10-12(13)6-8-16(14,17)18/h7,10-11H,6,8-9H2,1-5H3. The first kappa shape index (κ1) is 16.8. The summed E-state index contributed by atoms with van der Waals surface area (Å²) in [6.07, 6.45) is 1.97. The highest BCUT2D eigenvalue weighted by Crippen LogP contribution is 2.44. The summed E-state index contributed by atoms with van der Waals surface area (Å²) in [5.74, 6) is -2.73. The van der Waals surface area contributed by atoms with Crippen LogP contribution in [-0.2, 0) is 10.8 Å². The third-order valence-corrected chi connectivity index (χ3v) is 9.97. The number of alkyl halides is 2. The van der Waals surface area contributed by atoms with Crippen molar-refractivity contribution in [3.8, 4) is 0 Å². The topological polar surface area (TPSA) is 9.23 Å². The summed E-state index contributed by atoms with van der Waals surface area (Å²) in [4.78, 5) is 0. The van der Waals surface area contributed by atoms with Gasteiger partial charge in [-0.05, 0) is 46.4 Å². The van der Waals surface area contributed by atoms with E-state index >= 15 is 0 Å². The molecule has 1 aromatic rings. The minimum atomic E-state index is -2.73. The molecule has 0 fully saturated rings. The van der Waals surface area contributed by atoms with E-state index in [1.165, 1.54) is 11.3 Å². The molecule has 0 atom stereocenters. The molecular formula is C16H24F2OSSi. The van der Waals surface area contributed by atoms with Crippen molar-refractivity contribution in [2.24, 2.45) is 0 Å². The molecule has 0 radical (unpaired) electrons. The molecule has 0 spiro atoms. The van der Waals surface area contributed by atoms with E-state index in [-0.39, 0.29) is 23.6 Å². The second-order valence-corrected chi connectivity index (χ2v) is 12.8. The fourth-order valence-corrected chi connectivity index (χ4v) is 4.01. The molecule has 0 aromatic carbocycles. The number of halogens is 2. The zero-order valence-electron chi connectivity index (χ0n) is 13.4. The van der Waals surface area contributed by atoms with Gasteiger partial charge < -0.3 is 4.43 Å². The molecule has 118 valence electrons. The van der Waals surface area contributed by atoms with Gasteiger partial charge in [0, 0.05) is 12.0 Å². The molecule has 1 aliphatic rings. The summed E-state index contributed by atoms with van der Waals surface area (Å²) in [5, 5.41) is 3.90. The zero-order chi connectivity index (χ0) is 15.9. The molecule has 0 bridgehead atoms. The van der Waals surface area contributed by atoms with Crippen LogP contribution in [0.5, 0.6) is 0 Å². The Bertz CT molecular complexity index is 541. The first-order valence-corrected chi connectivity index (χ1v) is 11.2. The van der Waals surface area contributed by atoms with E-state index in [0.29, 0.717) is 6.42 Å². The molecular weight excluding hydrogens is 306 g/mol. The molecule has 2 rings (SSSR count). The van der Waals surface area contributed by atoms with Gasteiger partial charge in [0.15, 0.2) is 8.32 Å². The van der Waals surface area contributed by atoms with Crippen molar-refractivity contribution in [2.75, 3.05) is 6.61 Å². The number of rotatable bonds is 3. The third-order valence-electron chi connectivity index (χ3n) is 4.67. The lowest BCUT2D eigenvalue weighted by molar-refractivity contribution is 0.0537. The van der Waals surface area contributed by atoms with Gasteiger partial charge in [0.25, 0.3) is 5.92 Å². The Morgan fingerprint density at radius 3 is 2.62 bits per heavy atom. The summed E-state index contributed by atoms with van der Waals surface area (Å²) in [5.41, 5.74) is 1.92. The molecule has 21 heavy (non-hydrogen) atoms. The third kappa shape index (κ3) is 3.46. The van der Waals surface area contributed by atoms with Crippen molar-refractivity contribution < 1.29 is 13.2 Å². The van der Waals surface area contributed by atoms with Crippen LogP contribution in [-0.4, -0.2) is 20.8 Å². The first-order valence-electron chi connectivity index (χ1n) is 7.32. The van der Waals surface area contributed by atoms with Gasteiger partial charge in [-0.1, -0.05) is 26.8 Å². The number of aryl methyl sites for hydroxylation is 1. The van der Waals surface area contributed by atoms with Gasteiger partial charge in [-0.3, -0.25) is 0 Å². The van der Waals surface area contributed by atoms with Crippen molar-refractivity contribution in [2.45, 2.75) is 57.7 Å². The maximum atomic E-state index is 14.2. The molecule has 0 aliphatic heterocycles. The van der Waals surface area contributed by atoms with Crippen molar-refractivity contribution in [3.63, 3.8) is 0 Å². The Morgan fingerprint density at radius 2 is 2.00 bits per heavy atom. The average molecular weight is 331 g/mol. The minimum Gasteiger partial charge on any atom is -0.413 e. The van der Waals surface area contributed by atoms with Crippen molar-refractivity contribution in [3.05, 3.63) is 28.0 Å². The molecule has 0 saturated carbocycles. The summed E-state index contributed by atoms with van der Waals surface area (Å²) in [6.45, 7) is 11.0. The van der Waals surface area contributed by atoms with E-state index in [1.54, 1.807) is 6.08 Å². The van der Waals surface area contributed by atoms with Gasteiger partial charge in [0.1, 0.15) is 0 Å². The van der Waals surface area contributed by atoms with Crippen LogP contribution in [0, 0.1) is 0 Å². The van der Waals surface area contributed by atoms with Gasteiger partial charge in [-0.25, -0.2) is 8.78 Å². The molecule has 0 N–H and O–H groups in total. The highest BCUT2D eigenvalue weighted by molar-refractivity contribution is 7.08. The number of hydrogen-bond donors (Lipinski definition) is 0. The normalized spacial score (nSPS) is 20.6. The largest absolute Gasteiger partial charge is 0.413 e. The lowest BCUT2D eigenvalue weighted by atomic mass is 9.87. The zero-order valence-corrected chi connectivity index (χ0v) is 15.2. The summed E-state index contributed by atoms with van der Waals surface area (Å²) in [7, 11) is -1.90. The van der Waals surface area contributed by atoms with Crippen LogP contribution in [0.3, 0.4) is 0 Å². The maximum absolute atomic E-state index is 14.2. The van der Waals surface area contributed by atoms with E-state index in [4.69, 9.17) is 4.43 Å². The highest BCUT2D eigenvalue weighted by Gasteiger charge is 2.40. The van der Waals surface area contributed by atoms with E-state index in [2.05, 4.69) is 33.9 Å². The Balaban J connectivity index is 2.18. The smallest absolute Gasteiger partial charge is 0.273 e. The van der Waals surface area contributed by atoms with E-state index in [0.717, 1.165) is 11.1 Å². The number of thiophene rings is 1. The van der Waals surface area contributed by atoms with Gasteiger partial charge >= 0.3 is 0 Å². The van der Waals surface area contributed by atoms with Crippen LogP contribution in [0.4, 0.5) is 8.78 Å². The molecule has 0 saturated heterocycles. The number of allylic oxidation sites excluding steroid dienone is 1. The highest BCUT2D eigenvalue weighted by atomic mass is 32.1. The van der Waals surface area contributed by atoms with Crippen LogP contribution < -0.4 is 0 Å². The molecule has 1 aliphatic carbocycles. The SMILES string of the molecule is CC(C)(C)[Si](C)(C)OCC=C1c2cscc2CCC1(F)F. The second kappa shape index (κ2) is 5.59. The predicted molar refractivity (Wildman–Crippen MR) is 88.7 cm³/mol. The average Bonchev–Trinajstić information content (AvgIpc) is 2.78. The monoisotopic (exact) mass is 330 g/mol. The fourth-order valence-electron chi connectivity index (χ4n) is 2.19. The van der Waals surface area contributed by atoms with Gasteiger partial charge in [-0.2, -0.15) is 11.3 Å².